The third-order valence-electron chi connectivity index (χ3n) is 8.78. The van der Waals surface area contributed by atoms with Crippen molar-refractivity contribution in [3.63, 3.8) is 0 Å². The van der Waals surface area contributed by atoms with Crippen LogP contribution in [0.15, 0.2) is 71.8 Å². The Morgan fingerprint density at radius 2 is 1.93 bits per heavy atom. The number of ether oxygens (including phenoxy) is 2. The van der Waals surface area contributed by atoms with Gasteiger partial charge in [0, 0.05) is 88.5 Å². The van der Waals surface area contributed by atoms with Gasteiger partial charge in [-0.3, -0.25) is 9.69 Å². The van der Waals surface area contributed by atoms with Crippen LogP contribution in [-0.4, -0.2) is 72.8 Å². The fourth-order valence-electron chi connectivity index (χ4n) is 6.45. The molecular weight excluding hydrogens is 554 g/mol. The van der Waals surface area contributed by atoms with Gasteiger partial charge in [-0.25, -0.2) is 9.97 Å². The minimum Gasteiger partial charge on any atom is -0.456 e. The number of anilines is 3. The maximum Gasteiger partial charge on any atom is 0.271 e. The molecule has 0 amide bonds. The summed E-state index contributed by atoms with van der Waals surface area (Å²) in [6.45, 7) is 4.73. The minimum absolute atomic E-state index is 0.0793. The molecule has 0 radical (unpaired) electrons. The van der Waals surface area contributed by atoms with Crippen LogP contribution in [0.3, 0.4) is 0 Å². The van der Waals surface area contributed by atoms with Gasteiger partial charge in [0.2, 0.25) is 5.95 Å². The molecule has 10 heteroatoms. The maximum absolute atomic E-state index is 12.4. The summed E-state index contributed by atoms with van der Waals surface area (Å²) in [5.41, 5.74) is 6.15. The second kappa shape index (κ2) is 12.3. The van der Waals surface area contributed by atoms with Crippen molar-refractivity contribution in [2.45, 2.75) is 38.0 Å². The zero-order chi connectivity index (χ0) is 30.0. The number of H-pyrrole nitrogens is 1. The summed E-state index contributed by atoms with van der Waals surface area (Å²) < 4.78 is 12.8. The van der Waals surface area contributed by atoms with Crippen LogP contribution >= 0.6 is 0 Å². The smallest absolute Gasteiger partial charge is 0.271 e. The van der Waals surface area contributed by atoms with E-state index >= 15 is 0 Å². The standard InChI is InChI=1S/C34H39N7O3/c1-39(2)34-36-14-10-27(38-34)21-40-15-11-25(12-16-40)37-26-8-9-30-24(20-26)19-23-5-3-6-28(32(23)44-30)31-22-41(17-18-43-31)29-7-4-13-35-33(29)42/h3-10,13-14,20,25,31,37H,11-12,15-19,21-22H2,1-2H3,(H,35,42). The summed E-state index contributed by atoms with van der Waals surface area (Å²) in [6, 6.07) is 18.9. The topological polar surface area (TPSA) is 98.9 Å². The number of likely N-dealkylation sites (tertiary alicyclic amines) is 1. The Hall–Kier alpha value is -4.41. The first kappa shape index (κ1) is 28.4. The van der Waals surface area contributed by atoms with Crippen LogP contribution in [0, 0.1) is 0 Å². The first-order chi connectivity index (χ1) is 21.5. The Balaban J connectivity index is 0.986. The Morgan fingerprint density at radius 3 is 2.77 bits per heavy atom. The molecule has 7 rings (SSSR count). The number of piperidine rings is 1. The third kappa shape index (κ3) is 6.00. The number of fused-ring (bicyclic) bond motifs is 2. The molecule has 44 heavy (non-hydrogen) atoms. The summed E-state index contributed by atoms with van der Waals surface area (Å²) in [7, 11) is 3.94. The predicted molar refractivity (Wildman–Crippen MR) is 172 cm³/mol. The molecule has 5 heterocycles. The van der Waals surface area contributed by atoms with E-state index in [0.717, 1.165) is 78.9 Å². The Kier molecular flexibility index (Phi) is 7.93. The van der Waals surface area contributed by atoms with Crippen molar-refractivity contribution in [1.29, 1.82) is 0 Å². The van der Waals surface area contributed by atoms with Gasteiger partial charge in [0.1, 0.15) is 23.3 Å². The lowest BCUT2D eigenvalue weighted by Crippen LogP contribution is -2.41. The van der Waals surface area contributed by atoms with E-state index in [1.165, 1.54) is 5.56 Å². The number of pyridine rings is 1. The SMILES string of the molecule is CN(C)c1nccc(CN2CCC(Nc3ccc4c(c3)Cc3cccc(C5CN(c6ccc[nH]c6=O)CCO5)c3O4)CC2)n1. The van der Waals surface area contributed by atoms with Gasteiger partial charge in [0.15, 0.2) is 0 Å². The van der Waals surface area contributed by atoms with Crippen LogP contribution < -0.4 is 25.4 Å². The normalized spacial score (nSPS) is 18.7. The lowest BCUT2D eigenvalue weighted by molar-refractivity contribution is 0.0383. The van der Waals surface area contributed by atoms with Crippen molar-refractivity contribution in [3.8, 4) is 11.5 Å². The Bertz CT molecular complexity index is 1680. The fraction of sp³-hybridized carbons (Fsp3) is 0.382. The van der Waals surface area contributed by atoms with E-state index in [0.29, 0.717) is 31.4 Å². The average molecular weight is 594 g/mol. The van der Waals surface area contributed by atoms with E-state index in [1.807, 2.05) is 43.4 Å². The van der Waals surface area contributed by atoms with E-state index in [2.05, 4.69) is 66.5 Å². The second-order valence-electron chi connectivity index (χ2n) is 12.1. The van der Waals surface area contributed by atoms with Gasteiger partial charge in [-0.05, 0) is 54.8 Å². The maximum atomic E-state index is 12.4. The molecule has 4 aromatic rings. The van der Waals surface area contributed by atoms with Gasteiger partial charge in [-0.1, -0.05) is 18.2 Å². The molecule has 1 unspecified atom stereocenters. The molecule has 2 aromatic carbocycles. The second-order valence-corrected chi connectivity index (χ2v) is 12.1. The van der Waals surface area contributed by atoms with Crippen molar-refractivity contribution in [3.05, 3.63) is 99.7 Å². The van der Waals surface area contributed by atoms with E-state index in [9.17, 15) is 4.79 Å². The molecule has 3 aliphatic heterocycles. The van der Waals surface area contributed by atoms with Crippen LogP contribution in [0.25, 0.3) is 0 Å². The average Bonchev–Trinajstić information content (AvgIpc) is 3.05. The molecule has 2 saturated heterocycles. The highest BCUT2D eigenvalue weighted by Gasteiger charge is 2.29. The number of rotatable bonds is 7. The minimum atomic E-state index is -0.184. The monoisotopic (exact) mass is 593 g/mol. The summed E-state index contributed by atoms with van der Waals surface area (Å²) in [6.07, 6.45) is 6.29. The summed E-state index contributed by atoms with van der Waals surface area (Å²) in [5.74, 6) is 2.52. The number of nitrogens with one attached hydrogen (secondary N) is 2. The largest absolute Gasteiger partial charge is 0.456 e. The zero-order valence-corrected chi connectivity index (χ0v) is 25.3. The number of aromatic nitrogens is 3. The first-order valence-corrected chi connectivity index (χ1v) is 15.4. The molecule has 0 bridgehead atoms. The molecule has 2 aromatic heterocycles. The number of benzene rings is 2. The van der Waals surface area contributed by atoms with Crippen LogP contribution in [0.4, 0.5) is 17.3 Å². The van der Waals surface area contributed by atoms with Gasteiger partial charge in [-0.15, -0.1) is 0 Å². The lowest BCUT2D eigenvalue weighted by atomic mass is 9.95. The summed E-state index contributed by atoms with van der Waals surface area (Å²) in [4.78, 5) is 30.7. The molecule has 2 fully saturated rings. The number of hydrogen-bond acceptors (Lipinski definition) is 9. The van der Waals surface area contributed by atoms with Crippen LogP contribution in [0.1, 0.15) is 41.3 Å². The van der Waals surface area contributed by atoms with Gasteiger partial charge >= 0.3 is 0 Å². The molecule has 1 atom stereocenters. The van der Waals surface area contributed by atoms with E-state index < -0.39 is 0 Å². The fourth-order valence-corrected chi connectivity index (χ4v) is 6.45. The molecule has 0 saturated carbocycles. The van der Waals surface area contributed by atoms with Gasteiger partial charge in [0.25, 0.3) is 5.56 Å². The predicted octanol–water partition coefficient (Wildman–Crippen LogP) is 4.58. The quantitative estimate of drug-likeness (QED) is 0.281. The number of para-hydroxylation sites is 1. The van der Waals surface area contributed by atoms with Crippen molar-refractivity contribution in [1.82, 2.24) is 19.9 Å². The number of aromatic amines is 1. The van der Waals surface area contributed by atoms with Crippen molar-refractivity contribution < 1.29 is 9.47 Å². The molecule has 10 nitrogen and oxygen atoms in total. The van der Waals surface area contributed by atoms with Gasteiger partial charge < -0.3 is 29.6 Å². The molecule has 2 N–H and O–H groups in total. The highest BCUT2D eigenvalue weighted by molar-refractivity contribution is 5.59. The van der Waals surface area contributed by atoms with Crippen LogP contribution in [0.5, 0.6) is 11.5 Å². The van der Waals surface area contributed by atoms with Crippen molar-refractivity contribution in [2.75, 3.05) is 62.0 Å². The van der Waals surface area contributed by atoms with Gasteiger partial charge in [0.05, 0.1) is 12.3 Å². The molecule has 228 valence electrons. The van der Waals surface area contributed by atoms with Gasteiger partial charge in [-0.2, -0.15) is 0 Å². The first-order valence-electron chi connectivity index (χ1n) is 15.4. The Labute approximate surface area is 257 Å². The van der Waals surface area contributed by atoms with E-state index in [4.69, 9.17) is 9.47 Å². The van der Waals surface area contributed by atoms with Crippen molar-refractivity contribution >= 4 is 17.3 Å². The number of nitrogens with zero attached hydrogens (tertiary/aromatic N) is 5. The molecular formula is C34H39N7O3. The van der Waals surface area contributed by atoms with E-state index in [1.54, 1.807) is 6.20 Å². The van der Waals surface area contributed by atoms with Crippen LogP contribution in [0.2, 0.25) is 0 Å². The van der Waals surface area contributed by atoms with Crippen LogP contribution in [-0.2, 0) is 17.7 Å². The van der Waals surface area contributed by atoms with Crippen molar-refractivity contribution in [2.24, 2.45) is 0 Å². The molecule has 0 spiro atoms. The molecule has 0 aliphatic carbocycles. The molecule has 3 aliphatic rings. The lowest BCUT2D eigenvalue weighted by Gasteiger charge is -2.35. The zero-order valence-electron chi connectivity index (χ0n) is 25.3. The highest BCUT2D eigenvalue weighted by Crippen LogP contribution is 2.43. The van der Waals surface area contributed by atoms with E-state index in [-0.39, 0.29) is 11.7 Å². The Morgan fingerprint density at radius 1 is 1.05 bits per heavy atom. The number of hydrogen-bond donors (Lipinski definition) is 2. The number of morpholine rings is 1. The highest BCUT2D eigenvalue weighted by atomic mass is 16.5. The third-order valence-corrected chi connectivity index (χ3v) is 8.78. The summed E-state index contributed by atoms with van der Waals surface area (Å²) >= 11 is 0. The summed E-state index contributed by atoms with van der Waals surface area (Å²) in [5, 5.41) is 3.78.